The first-order chi connectivity index (χ1) is 10.7. The normalized spacial score (nSPS) is 17.8. The summed E-state index contributed by atoms with van der Waals surface area (Å²) in [5.74, 6) is 0.148. The fourth-order valence-electron chi connectivity index (χ4n) is 2.88. The maximum absolute atomic E-state index is 12.8. The molecule has 1 atom stereocenters. The zero-order valence-corrected chi connectivity index (χ0v) is 15.9. The molecule has 0 spiro atoms. The van der Waals surface area contributed by atoms with Crippen molar-refractivity contribution in [3.63, 3.8) is 0 Å². The Labute approximate surface area is 150 Å². The SMILES string of the molecule is CC(=O)Nc1cc(S(=O)(=O)N2CCC(C(C)N)CC2)ccc1C.Cl. The summed E-state index contributed by atoms with van der Waals surface area (Å²) in [4.78, 5) is 11.5. The summed E-state index contributed by atoms with van der Waals surface area (Å²) in [5, 5.41) is 2.67. The van der Waals surface area contributed by atoms with Crippen LogP contribution in [0.25, 0.3) is 0 Å². The molecular formula is C16H26ClN3O3S. The molecule has 0 saturated carbocycles. The second-order valence-electron chi connectivity index (χ2n) is 6.26. The van der Waals surface area contributed by atoms with Crippen LogP contribution in [0.2, 0.25) is 0 Å². The Kier molecular flexibility index (Phi) is 7.22. The third kappa shape index (κ3) is 4.69. The standard InChI is InChI=1S/C16H25N3O3S.ClH/c1-11-4-5-15(10-16(11)18-13(3)20)23(21,22)19-8-6-14(7-9-19)12(2)17;/h4-5,10,12,14H,6-9,17H2,1-3H3,(H,18,20);1H. The summed E-state index contributed by atoms with van der Waals surface area (Å²) < 4.78 is 27.1. The molecule has 1 heterocycles. The van der Waals surface area contributed by atoms with E-state index < -0.39 is 10.0 Å². The van der Waals surface area contributed by atoms with E-state index in [0.29, 0.717) is 24.7 Å². The van der Waals surface area contributed by atoms with Gasteiger partial charge in [0, 0.05) is 31.7 Å². The van der Waals surface area contributed by atoms with Crippen LogP contribution in [0, 0.1) is 12.8 Å². The van der Waals surface area contributed by atoms with Gasteiger partial charge in [-0.25, -0.2) is 8.42 Å². The number of carbonyl (C=O) groups excluding carboxylic acids is 1. The van der Waals surface area contributed by atoms with Crippen molar-refractivity contribution in [1.82, 2.24) is 4.31 Å². The molecule has 1 aromatic carbocycles. The van der Waals surface area contributed by atoms with Gasteiger partial charge in [0.25, 0.3) is 0 Å². The first-order valence-corrected chi connectivity index (χ1v) is 9.30. The highest BCUT2D eigenvalue weighted by atomic mass is 35.5. The molecule has 0 bridgehead atoms. The molecule has 1 amide bonds. The Bertz CT molecular complexity index is 684. The predicted octanol–water partition coefficient (Wildman–Crippen LogP) is 2.12. The third-order valence-corrected chi connectivity index (χ3v) is 6.29. The first-order valence-electron chi connectivity index (χ1n) is 7.86. The van der Waals surface area contributed by atoms with Gasteiger partial charge in [-0.1, -0.05) is 6.07 Å². The molecule has 0 aromatic heterocycles. The van der Waals surface area contributed by atoms with Gasteiger partial charge in [-0.05, 0) is 50.3 Å². The number of nitrogens with one attached hydrogen (secondary N) is 1. The molecular weight excluding hydrogens is 350 g/mol. The fraction of sp³-hybridized carbons (Fsp3) is 0.562. The lowest BCUT2D eigenvalue weighted by atomic mass is 9.92. The molecule has 2 rings (SSSR count). The maximum atomic E-state index is 12.8. The first kappa shape index (κ1) is 20.9. The number of piperidine rings is 1. The predicted molar refractivity (Wildman–Crippen MR) is 97.9 cm³/mol. The number of nitrogens with two attached hydrogens (primary N) is 1. The number of anilines is 1. The van der Waals surface area contributed by atoms with E-state index in [1.165, 1.54) is 17.3 Å². The Balaban J connectivity index is 0.00000288. The van der Waals surface area contributed by atoms with Gasteiger partial charge in [0.05, 0.1) is 4.90 Å². The van der Waals surface area contributed by atoms with Gasteiger partial charge in [-0.2, -0.15) is 4.31 Å². The molecule has 24 heavy (non-hydrogen) atoms. The van der Waals surface area contributed by atoms with Gasteiger partial charge >= 0.3 is 0 Å². The smallest absolute Gasteiger partial charge is 0.243 e. The van der Waals surface area contributed by atoms with Crippen LogP contribution in [0.4, 0.5) is 5.69 Å². The van der Waals surface area contributed by atoms with Crippen LogP contribution >= 0.6 is 12.4 Å². The minimum absolute atomic E-state index is 0. The van der Waals surface area contributed by atoms with E-state index in [4.69, 9.17) is 5.73 Å². The van der Waals surface area contributed by atoms with Crippen LogP contribution < -0.4 is 11.1 Å². The molecule has 136 valence electrons. The van der Waals surface area contributed by atoms with Gasteiger partial charge < -0.3 is 11.1 Å². The largest absolute Gasteiger partial charge is 0.328 e. The number of carbonyl (C=O) groups is 1. The van der Waals surface area contributed by atoms with Crippen LogP contribution in [0.1, 0.15) is 32.3 Å². The van der Waals surface area contributed by atoms with E-state index in [1.54, 1.807) is 12.1 Å². The number of aryl methyl sites for hydroxylation is 1. The van der Waals surface area contributed by atoms with E-state index in [1.807, 2.05) is 13.8 Å². The van der Waals surface area contributed by atoms with Gasteiger partial charge in [-0.15, -0.1) is 12.4 Å². The van der Waals surface area contributed by atoms with Crippen molar-refractivity contribution < 1.29 is 13.2 Å². The topological polar surface area (TPSA) is 92.5 Å². The fourth-order valence-corrected chi connectivity index (χ4v) is 4.37. The van der Waals surface area contributed by atoms with Crippen LogP contribution in [-0.4, -0.2) is 37.8 Å². The zero-order chi connectivity index (χ0) is 17.2. The van der Waals surface area contributed by atoms with Crippen molar-refractivity contribution in [3.8, 4) is 0 Å². The molecule has 3 N–H and O–H groups in total. The summed E-state index contributed by atoms with van der Waals surface area (Å²) in [5.41, 5.74) is 7.27. The quantitative estimate of drug-likeness (QED) is 0.843. The Hall–Kier alpha value is -1.15. The van der Waals surface area contributed by atoms with Crippen molar-refractivity contribution in [2.75, 3.05) is 18.4 Å². The molecule has 0 radical (unpaired) electrons. The van der Waals surface area contributed by atoms with E-state index in [2.05, 4.69) is 5.32 Å². The lowest BCUT2D eigenvalue weighted by Gasteiger charge is -2.33. The summed E-state index contributed by atoms with van der Waals surface area (Å²) >= 11 is 0. The van der Waals surface area contributed by atoms with E-state index in [9.17, 15) is 13.2 Å². The number of nitrogens with zero attached hydrogens (tertiary/aromatic N) is 1. The average Bonchev–Trinajstić information content (AvgIpc) is 2.49. The second kappa shape index (κ2) is 8.29. The highest BCUT2D eigenvalue weighted by Crippen LogP contribution is 2.27. The highest BCUT2D eigenvalue weighted by Gasteiger charge is 2.30. The lowest BCUT2D eigenvalue weighted by molar-refractivity contribution is -0.114. The van der Waals surface area contributed by atoms with Crippen molar-refractivity contribution in [2.24, 2.45) is 11.7 Å². The number of sulfonamides is 1. The second-order valence-corrected chi connectivity index (χ2v) is 8.20. The monoisotopic (exact) mass is 375 g/mol. The molecule has 8 heteroatoms. The Morgan fingerprint density at radius 3 is 2.42 bits per heavy atom. The molecule has 1 fully saturated rings. The summed E-state index contributed by atoms with van der Waals surface area (Å²) in [6, 6.07) is 4.93. The number of halogens is 1. The highest BCUT2D eigenvalue weighted by molar-refractivity contribution is 7.89. The van der Waals surface area contributed by atoms with E-state index in [0.717, 1.165) is 18.4 Å². The van der Waals surface area contributed by atoms with E-state index in [-0.39, 0.29) is 29.3 Å². The van der Waals surface area contributed by atoms with Gasteiger partial charge in [0.1, 0.15) is 0 Å². The molecule has 1 unspecified atom stereocenters. The molecule has 0 aliphatic carbocycles. The average molecular weight is 376 g/mol. The molecule has 1 aliphatic rings. The number of amides is 1. The number of hydrogen-bond donors (Lipinski definition) is 2. The van der Waals surface area contributed by atoms with Gasteiger partial charge in [-0.3, -0.25) is 4.79 Å². The molecule has 6 nitrogen and oxygen atoms in total. The maximum Gasteiger partial charge on any atom is 0.243 e. The molecule has 1 aromatic rings. The Morgan fingerprint density at radius 2 is 1.92 bits per heavy atom. The zero-order valence-electron chi connectivity index (χ0n) is 14.3. The Morgan fingerprint density at radius 1 is 1.33 bits per heavy atom. The minimum Gasteiger partial charge on any atom is -0.328 e. The number of rotatable bonds is 4. The van der Waals surface area contributed by atoms with Crippen LogP contribution in [0.3, 0.4) is 0 Å². The third-order valence-electron chi connectivity index (χ3n) is 4.40. The molecule has 1 aliphatic heterocycles. The van der Waals surface area contributed by atoms with Gasteiger partial charge in [0.15, 0.2) is 0 Å². The van der Waals surface area contributed by atoms with Crippen molar-refractivity contribution in [3.05, 3.63) is 23.8 Å². The van der Waals surface area contributed by atoms with Crippen molar-refractivity contribution in [1.29, 1.82) is 0 Å². The van der Waals surface area contributed by atoms with E-state index >= 15 is 0 Å². The van der Waals surface area contributed by atoms with Crippen molar-refractivity contribution >= 4 is 34.0 Å². The van der Waals surface area contributed by atoms with Crippen LogP contribution in [0.5, 0.6) is 0 Å². The minimum atomic E-state index is -3.54. The van der Waals surface area contributed by atoms with Gasteiger partial charge in [0.2, 0.25) is 15.9 Å². The lowest BCUT2D eigenvalue weighted by Crippen LogP contribution is -2.42. The number of hydrogen-bond acceptors (Lipinski definition) is 4. The summed E-state index contributed by atoms with van der Waals surface area (Å²) in [6.07, 6.45) is 1.56. The van der Waals surface area contributed by atoms with Crippen molar-refractivity contribution in [2.45, 2.75) is 44.6 Å². The summed E-state index contributed by atoms with van der Waals surface area (Å²) in [7, 11) is -3.54. The van der Waals surface area contributed by atoms with Crippen LogP contribution in [-0.2, 0) is 14.8 Å². The van der Waals surface area contributed by atoms with Crippen LogP contribution in [0.15, 0.2) is 23.1 Å². The summed E-state index contributed by atoms with van der Waals surface area (Å²) in [6.45, 7) is 6.17. The number of benzene rings is 1. The molecule has 1 saturated heterocycles.